The number of hydrogen-bond donors (Lipinski definition) is 1. The summed E-state index contributed by atoms with van der Waals surface area (Å²) in [5.41, 5.74) is 0. The minimum Gasteiger partial charge on any atom is -0.390 e. The van der Waals surface area contributed by atoms with E-state index in [1.54, 1.807) is 37.4 Å². The molecule has 0 amide bonds. The number of sulfonamides is 1. The molecule has 0 radical (unpaired) electrons. The average molecular weight is 268 g/mol. The Balaban J connectivity index is 2.56. The third-order valence-corrected chi connectivity index (χ3v) is 4.36. The van der Waals surface area contributed by atoms with Crippen molar-refractivity contribution in [1.29, 1.82) is 0 Å². The fourth-order valence-electron chi connectivity index (χ4n) is 1.40. The predicted molar refractivity (Wildman–Crippen MR) is 73.7 cm³/mol. The third-order valence-electron chi connectivity index (χ3n) is 2.49. The van der Waals surface area contributed by atoms with Crippen LogP contribution in [0, 0.1) is 0 Å². The van der Waals surface area contributed by atoms with E-state index in [0.717, 1.165) is 6.42 Å². The van der Waals surface area contributed by atoms with E-state index in [1.807, 2.05) is 19.2 Å². The molecular weight excluding hydrogens is 248 g/mol. The van der Waals surface area contributed by atoms with Gasteiger partial charge in [-0.1, -0.05) is 31.2 Å². The summed E-state index contributed by atoms with van der Waals surface area (Å²) in [6.07, 6.45) is 4.81. The van der Waals surface area contributed by atoms with Crippen LogP contribution in [0.25, 0.3) is 0 Å². The molecule has 0 saturated carbocycles. The Morgan fingerprint density at radius 3 is 2.56 bits per heavy atom. The van der Waals surface area contributed by atoms with Crippen molar-refractivity contribution < 1.29 is 8.42 Å². The molecule has 0 aliphatic rings. The summed E-state index contributed by atoms with van der Waals surface area (Å²) < 4.78 is 25.6. The molecule has 0 aliphatic carbocycles. The molecule has 100 valence electrons. The molecule has 18 heavy (non-hydrogen) atoms. The van der Waals surface area contributed by atoms with E-state index >= 15 is 0 Å². The molecule has 1 N–H and O–H groups in total. The highest BCUT2D eigenvalue weighted by molar-refractivity contribution is 7.89. The van der Waals surface area contributed by atoms with Crippen molar-refractivity contribution in [2.75, 3.05) is 20.1 Å². The van der Waals surface area contributed by atoms with Crippen LogP contribution in [-0.4, -0.2) is 32.9 Å². The van der Waals surface area contributed by atoms with Gasteiger partial charge in [0.2, 0.25) is 10.0 Å². The molecule has 0 heterocycles. The maximum absolute atomic E-state index is 12.1. The third kappa shape index (κ3) is 4.16. The Bertz CT molecular complexity index is 469. The minimum atomic E-state index is -3.36. The van der Waals surface area contributed by atoms with Gasteiger partial charge in [-0.25, -0.2) is 8.42 Å². The number of benzene rings is 1. The van der Waals surface area contributed by atoms with E-state index < -0.39 is 10.0 Å². The Kier molecular flexibility index (Phi) is 5.88. The lowest BCUT2D eigenvalue weighted by Gasteiger charge is -2.17. The molecule has 0 saturated heterocycles. The maximum atomic E-state index is 12.1. The zero-order valence-electron chi connectivity index (χ0n) is 10.8. The fourth-order valence-corrected chi connectivity index (χ4v) is 2.59. The maximum Gasteiger partial charge on any atom is 0.242 e. The Labute approximate surface area is 109 Å². The molecule has 0 bridgehead atoms. The van der Waals surface area contributed by atoms with Crippen LogP contribution in [-0.2, 0) is 10.0 Å². The zero-order chi connectivity index (χ0) is 13.4. The summed E-state index contributed by atoms with van der Waals surface area (Å²) in [4.78, 5) is 0.330. The molecule has 1 aromatic rings. The van der Waals surface area contributed by atoms with E-state index in [9.17, 15) is 8.42 Å². The first-order valence-electron chi connectivity index (χ1n) is 5.99. The molecule has 0 unspecified atom stereocenters. The highest BCUT2D eigenvalue weighted by atomic mass is 32.2. The first-order valence-corrected chi connectivity index (χ1v) is 7.43. The van der Waals surface area contributed by atoms with Gasteiger partial charge in [-0.15, -0.1) is 0 Å². The van der Waals surface area contributed by atoms with Crippen molar-refractivity contribution in [1.82, 2.24) is 9.62 Å². The van der Waals surface area contributed by atoms with Gasteiger partial charge in [0.15, 0.2) is 0 Å². The van der Waals surface area contributed by atoms with Gasteiger partial charge in [0.1, 0.15) is 0 Å². The highest BCUT2D eigenvalue weighted by Gasteiger charge is 2.19. The van der Waals surface area contributed by atoms with Crippen LogP contribution in [0.2, 0.25) is 0 Å². The van der Waals surface area contributed by atoms with Gasteiger partial charge in [-0.05, 0) is 24.8 Å². The second kappa shape index (κ2) is 7.18. The second-order valence-electron chi connectivity index (χ2n) is 3.90. The van der Waals surface area contributed by atoms with Crippen LogP contribution in [0.5, 0.6) is 0 Å². The van der Waals surface area contributed by atoms with E-state index in [2.05, 4.69) is 5.32 Å². The second-order valence-corrected chi connectivity index (χ2v) is 5.95. The van der Waals surface area contributed by atoms with Crippen molar-refractivity contribution in [2.45, 2.75) is 18.2 Å². The predicted octanol–water partition coefficient (Wildman–Crippen LogP) is 1.82. The molecule has 1 rings (SSSR count). The molecule has 0 atom stereocenters. The molecule has 0 spiro atoms. The molecule has 0 aliphatic heterocycles. The average Bonchev–Trinajstić information content (AvgIpc) is 2.39. The topological polar surface area (TPSA) is 49.4 Å². The normalized spacial score (nSPS) is 12.2. The van der Waals surface area contributed by atoms with Crippen LogP contribution in [0.1, 0.15) is 13.3 Å². The van der Waals surface area contributed by atoms with Crippen molar-refractivity contribution in [3.05, 3.63) is 42.6 Å². The standard InChI is InChI=1S/C13H20N2O2S/c1-3-4-10-14-11-12-15(2)18(16,17)13-8-6-5-7-9-13/h4-10,14H,3,11-12H2,1-2H3/b10-4+. The number of hydrogen-bond acceptors (Lipinski definition) is 3. The van der Waals surface area contributed by atoms with Crippen LogP contribution in [0.4, 0.5) is 0 Å². The summed E-state index contributed by atoms with van der Waals surface area (Å²) in [6.45, 7) is 3.08. The first-order chi connectivity index (χ1) is 8.59. The molecule has 4 nitrogen and oxygen atoms in total. The summed E-state index contributed by atoms with van der Waals surface area (Å²) in [7, 11) is -1.77. The van der Waals surface area contributed by atoms with Crippen LogP contribution in [0.15, 0.2) is 47.5 Å². The Morgan fingerprint density at radius 2 is 1.94 bits per heavy atom. The lowest BCUT2D eigenvalue weighted by Crippen LogP contribution is -2.32. The fraction of sp³-hybridized carbons (Fsp3) is 0.385. The van der Waals surface area contributed by atoms with Crippen molar-refractivity contribution in [3.8, 4) is 0 Å². The van der Waals surface area contributed by atoms with Gasteiger partial charge in [-0.2, -0.15) is 4.31 Å². The SMILES string of the molecule is CC/C=C/NCCN(C)S(=O)(=O)c1ccccc1. The lowest BCUT2D eigenvalue weighted by molar-refractivity contribution is 0.468. The van der Waals surface area contributed by atoms with Gasteiger partial charge < -0.3 is 5.32 Å². The number of nitrogens with zero attached hydrogens (tertiary/aromatic N) is 1. The van der Waals surface area contributed by atoms with Crippen LogP contribution >= 0.6 is 0 Å². The quantitative estimate of drug-likeness (QED) is 0.767. The molecular formula is C13H20N2O2S. The smallest absolute Gasteiger partial charge is 0.242 e. The minimum absolute atomic E-state index is 0.330. The number of likely N-dealkylation sites (N-methyl/N-ethyl adjacent to an activating group) is 1. The van der Waals surface area contributed by atoms with Crippen LogP contribution in [0.3, 0.4) is 0 Å². The van der Waals surface area contributed by atoms with Crippen molar-refractivity contribution >= 4 is 10.0 Å². The lowest BCUT2D eigenvalue weighted by atomic mass is 10.4. The van der Waals surface area contributed by atoms with Gasteiger partial charge in [0.25, 0.3) is 0 Å². The largest absolute Gasteiger partial charge is 0.390 e. The Morgan fingerprint density at radius 1 is 1.28 bits per heavy atom. The monoisotopic (exact) mass is 268 g/mol. The Hall–Kier alpha value is -1.33. The van der Waals surface area contributed by atoms with E-state index in [-0.39, 0.29) is 0 Å². The summed E-state index contributed by atoms with van der Waals surface area (Å²) in [5, 5.41) is 3.05. The molecule has 0 aromatic heterocycles. The van der Waals surface area contributed by atoms with Crippen LogP contribution < -0.4 is 5.32 Å². The zero-order valence-corrected chi connectivity index (χ0v) is 11.7. The van der Waals surface area contributed by atoms with Crippen molar-refractivity contribution in [2.24, 2.45) is 0 Å². The van der Waals surface area contributed by atoms with Crippen molar-refractivity contribution in [3.63, 3.8) is 0 Å². The van der Waals surface area contributed by atoms with E-state index in [4.69, 9.17) is 0 Å². The summed E-state index contributed by atoms with van der Waals surface area (Å²) in [6, 6.07) is 8.47. The number of nitrogens with one attached hydrogen (secondary N) is 1. The number of allylic oxidation sites excluding steroid dienone is 1. The van der Waals surface area contributed by atoms with Gasteiger partial charge >= 0.3 is 0 Å². The number of rotatable bonds is 7. The first kappa shape index (κ1) is 14.7. The van der Waals surface area contributed by atoms with Gasteiger partial charge in [0, 0.05) is 20.1 Å². The van der Waals surface area contributed by atoms with E-state index in [0.29, 0.717) is 18.0 Å². The van der Waals surface area contributed by atoms with Gasteiger partial charge in [0.05, 0.1) is 4.90 Å². The highest BCUT2D eigenvalue weighted by Crippen LogP contribution is 2.12. The molecule has 5 heteroatoms. The van der Waals surface area contributed by atoms with Gasteiger partial charge in [-0.3, -0.25) is 0 Å². The summed E-state index contributed by atoms with van der Waals surface area (Å²) in [5.74, 6) is 0. The molecule has 0 fully saturated rings. The summed E-state index contributed by atoms with van der Waals surface area (Å²) >= 11 is 0. The van der Waals surface area contributed by atoms with E-state index in [1.165, 1.54) is 4.31 Å². The molecule has 1 aromatic carbocycles.